The van der Waals surface area contributed by atoms with Crippen molar-refractivity contribution >= 4 is 23.4 Å². The number of nitrogens with zero attached hydrogens (tertiary/aromatic N) is 5. The van der Waals surface area contributed by atoms with Crippen molar-refractivity contribution in [2.75, 3.05) is 11.1 Å². The smallest absolute Gasteiger partial charge is 0.234 e. The quantitative estimate of drug-likeness (QED) is 0.863. The molecule has 23 heavy (non-hydrogen) atoms. The molecule has 1 aliphatic rings. The Morgan fingerprint density at radius 1 is 1.39 bits per heavy atom. The van der Waals surface area contributed by atoms with Crippen molar-refractivity contribution in [2.24, 2.45) is 0 Å². The Bertz CT molecular complexity index is 657. The van der Waals surface area contributed by atoms with E-state index in [-0.39, 0.29) is 5.91 Å². The van der Waals surface area contributed by atoms with Gasteiger partial charge in [0, 0.05) is 0 Å². The molecular weight excluding hydrogens is 316 g/mol. The summed E-state index contributed by atoms with van der Waals surface area (Å²) < 4.78 is 6.95. The van der Waals surface area contributed by atoms with Gasteiger partial charge in [-0.1, -0.05) is 18.0 Å². The molecule has 0 unspecified atom stereocenters. The van der Waals surface area contributed by atoms with E-state index >= 15 is 0 Å². The largest absolute Gasteiger partial charge is 0.359 e. The van der Waals surface area contributed by atoms with E-state index in [2.05, 4.69) is 26.0 Å². The number of rotatable bonds is 6. The van der Waals surface area contributed by atoms with Gasteiger partial charge in [0.1, 0.15) is 11.4 Å². The van der Waals surface area contributed by atoms with Crippen LogP contribution in [-0.4, -0.2) is 37.0 Å². The lowest BCUT2D eigenvalue weighted by atomic mass is 10.2. The fraction of sp³-hybridized carbons (Fsp3) is 0.643. The third-order valence-electron chi connectivity index (χ3n) is 3.99. The maximum atomic E-state index is 12.0. The highest BCUT2D eigenvalue weighted by Crippen LogP contribution is 2.29. The molecule has 0 bridgehead atoms. The molecule has 124 valence electrons. The summed E-state index contributed by atoms with van der Waals surface area (Å²) in [6.45, 7) is 3.58. The Morgan fingerprint density at radius 3 is 2.87 bits per heavy atom. The van der Waals surface area contributed by atoms with Gasteiger partial charge in [0.15, 0.2) is 11.6 Å². The standard InChI is InChI=1S/C14H20N6O2S/c1-9-14(10(2)22-17-9)15-13(21)8-23-7-12-16-18-19-20(12)11-5-3-4-6-11/h11H,3-8H2,1-2H3,(H,15,21). The van der Waals surface area contributed by atoms with E-state index in [9.17, 15) is 4.79 Å². The van der Waals surface area contributed by atoms with Gasteiger partial charge in [-0.15, -0.1) is 16.9 Å². The number of aromatic nitrogens is 5. The highest BCUT2D eigenvalue weighted by molar-refractivity contribution is 7.99. The van der Waals surface area contributed by atoms with Crippen LogP contribution in [-0.2, 0) is 10.5 Å². The third kappa shape index (κ3) is 3.72. The number of carbonyl (C=O) groups excluding carboxylic acids is 1. The number of carbonyl (C=O) groups is 1. The van der Waals surface area contributed by atoms with Gasteiger partial charge in [-0.3, -0.25) is 4.79 Å². The van der Waals surface area contributed by atoms with Crippen LogP contribution in [0.5, 0.6) is 0 Å². The minimum absolute atomic E-state index is 0.0794. The zero-order valence-corrected chi connectivity index (χ0v) is 14.1. The summed E-state index contributed by atoms with van der Waals surface area (Å²) in [6, 6.07) is 0.414. The fourth-order valence-electron chi connectivity index (χ4n) is 2.81. The first-order chi connectivity index (χ1) is 11.1. The number of amides is 1. The average Bonchev–Trinajstić information content (AvgIpc) is 3.25. The van der Waals surface area contributed by atoms with Crippen LogP contribution in [0.15, 0.2) is 4.52 Å². The molecule has 3 rings (SSSR count). The van der Waals surface area contributed by atoms with Crippen LogP contribution in [0.4, 0.5) is 5.69 Å². The molecule has 1 saturated carbocycles. The zero-order chi connectivity index (χ0) is 16.2. The molecule has 0 aromatic carbocycles. The second-order valence-electron chi connectivity index (χ2n) is 5.72. The van der Waals surface area contributed by atoms with Gasteiger partial charge in [0.25, 0.3) is 0 Å². The van der Waals surface area contributed by atoms with E-state index in [1.807, 2.05) is 4.68 Å². The van der Waals surface area contributed by atoms with Gasteiger partial charge in [-0.25, -0.2) is 4.68 Å². The molecule has 1 fully saturated rings. The molecule has 0 saturated heterocycles. The predicted molar refractivity (Wildman–Crippen MR) is 86.1 cm³/mol. The number of hydrogen-bond acceptors (Lipinski definition) is 7. The van der Waals surface area contributed by atoms with Crippen LogP contribution in [0, 0.1) is 13.8 Å². The second kappa shape index (κ2) is 7.12. The number of anilines is 1. The molecular formula is C14H20N6O2S. The first-order valence-electron chi connectivity index (χ1n) is 7.72. The van der Waals surface area contributed by atoms with Gasteiger partial charge in [0.2, 0.25) is 5.91 Å². The normalized spacial score (nSPS) is 15.2. The molecule has 2 heterocycles. The molecule has 9 heteroatoms. The van der Waals surface area contributed by atoms with Gasteiger partial charge in [-0.2, -0.15) is 0 Å². The Morgan fingerprint density at radius 2 is 2.17 bits per heavy atom. The molecule has 0 spiro atoms. The lowest BCUT2D eigenvalue weighted by molar-refractivity contribution is -0.113. The summed E-state index contributed by atoms with van der Waals surface area (Å²) in [7, 11) is 0. The number of thioether (sulfide) groups is 1. The maximum Gasteiger partial charge on any atom is 0.234 e. The fourth-order valence-corrected chi connectivity index (χ4v) is 3.54. The molecule has 1 N–H and O–H groups in total. The summed E-state index contributed by atoms with van der Waals surface area (Å²) in [5.74, 6) is 2.34. The summed E-state index contributed by atoms with van der Waals surface area (Å²) in [5.41, 5.74) is 1.34. The average molecular weight is 336 g/mol. The SMILES string of the molecule is Cc1noc(C)c1NC(=O)CSCc1nnnn1C1CCCC1. The Balaban J connectivity index is 1.50. The molecule has 8 nitrogen and oxygen atoms in total. The van der Waals surface area contributed by atoms with Crippen LogP contribution >= 0.6 is 11.8 Å². The molecule has 2 aromatic heterocycles. The Hall–Kier alpha value is -1.90. The lowest BCUT2D eigenvalue weighted by Gasteiger charge is -2.11. The van der Waals surface area contributed by atoms with Crippen LogP contribution in [0.1, 0.15) is 49.0 Å². The molecule has 0 radical (unpaired) electrons. The first-order valence-corrected chi connectivity index (χ1v) is 8.88. The highest BCUT2D eigenvalue weighted by Gasteiger charge is 2.21. The van der Waals surface area contributed by atoms with Crippen LogP contribution in [0.3, 0.4) is 0 Å². The number of nitrogens with one attached hydrogen (secondary N) is 1. The van der Waals surface area contributed by atoms with Crippen LogP contribution in [0.2, 0.25) is 0 Å². The molecule has 1 aliphatic carbocycles. The van der Waals surface area contributed by atoms with E-state index in [4.69, 9.17) is 4.52 Å². The van der Waals surface area contributed by atoms with Crippen LogP contribution in [0.25, 0.3) is 0 Å². The minimum atomic E-state index is -0.0794. The van der Waals surface area contributed by atoms with Gasteiger partial charge in [-0.05, 0) is 37.1 Å². The first kappa shape index (κ1) is 16.0. The van der Waals surface area contributed by atoms with E-state index in [0.29, 0.717) is 34.7 Å². The van der Waals surface area contributed by atoms with Crippen molar-refractivity contribution in [3.63, 3.8) is 0 Å². The van der Waals surface area contributed by atoms with Crippen molar-refractivity contribution < 1.29 is 9.32 Å². The predicted octanol–water partition coefficient (Wildman–Crippen LogP) is 2.26. The van der Waals surface area contributed by atoms with E-state index in [0.717, 1.165) is 18.7 Å². The summed E-state index contributed by atoms with van der Waals surface area (Å²) in [5, 5.41) is 18.6. The monoisotopic (exact) mass is 336 g/mol. The summed E-state index contributed by atoms with van der Waals surface area (Å²) in [6.07, 6.45) is 4.73. The van der Waals surface area contributed by atoms with E-state index in [1.54, 1.807) is 13.8 Å². The molecule has 0 atom stereocenters. The van der Waals surface area contributed by atoms with Crippen molar-refractivity contribution in [2.45, 2.75) is 51.3 Å². The molecule has 1 amide bonds. The number of aryl methyl sites for hydroxylation is 2. The highest BCUT2D eigenvalue weighted by atomic mass is 32.2. The number of tetrazole rings is 1. The summed E-state index contributed by atoms with van der Waals surface area (Å²) >= 11 is 1.50. The van der Waals surface area contributed by atoms with Gasteiger partial charge in [0.05, 0.1) is 17.5 Å². The van der Waals surface area contributed by atoms with E-state index < -0.39 is 0 Å². The number of hydrogen-bond donors (Lipinski definition) is 1. The summed E-state index contributed by atoms with van der Waals surface area (Å²) in [4.78, 5) is 12.0. The lowest BCUT2D eigenvalue weighted by Crippen LogP contribution is -2.16. The van der Waals surface area contributed by atoms with Gasteiger partial charge < -0.3 is 9.84 Å². The van der Waals surface area contributed by atoms with Gasteiger partial charge >= 0.3 is 0 Å². The Kier molecular flexibility index (Phi) is 4.94. The third-order valence-corrected chi connectivity index (χ3v) is 4.92. The van der Waals surface area contributed by atoms with Crippen LogP contribution < -0.4 is 5.32 Å². The Labute approximate surface area is 138 Å². The van der Waals surface area contributed by atoms with E-state index in [1.165, 1.54) is 24.6 Å². The van der Waals surface area contributed by atoms with Crippen molar-refractivity contribution in [1.82, 2.24) is 25.4 Å². The topological polar surface area (TPSA) is 98.7 Å². The van der Waals surface area contributed by atoms with Crippen molar-refractivity contribution in [3.8, 4) is 0 Å². The second-order valence-corrected chi connectivity index (χ2v) is 6.70. The molecule has 2 aromatic rings. The minimum Gasteiger partial charge on any atom is -0.359 e. The molecule has 0 aliphatic heterocycles. The maximum absolute atomic E-state index is 12.0. The van der Waals surface area contributed by atoms with Crippen molar-refractivity contribution in [1.29, 1.82) is 0 Å². The zero-order valence-electron chi connectivity index (χ0n) is 13.3. The van der Waals surface area contributed by atoms with Crippen molar-refractivity contribution in [3.05, 3.63) is 17.3 Å².